The van der Waals surface area contributed by atoms with Crippen LogP contribution in [0.5, 0.6) is 0 Å². The number of aromatic nitrogens is 2. The van der Waals surface area contributed by atoms with Crippen molar-refractivity contribution < 1.29 is 13.2 Å². The fraction of sp³-hybridized carbons (Fsp3) is 0.500. The van der Waals surface area contributed by atoms with E-state index in [1.807, 2.05) is 18.7 Å². The molecule has 0 amide bonds. The van der Waals surface area contributed by atoms with Crippen molar-refractivity contribution in [3.63, 3.8) is 0 Å². The van der Waals surface area contributed by atoms with E-state index in [-0.39, 0.29) is 28.0 Å². The molecule has 2 atom stereocenters. The van der Waals surface area contributed by atoms with Crippen molar-refractivity contribution in [3.8, 4) is 0 Å². The molecular formula is C16H17Cl2F3N4. The lowest BCUT2D eigenvalue weighted by Gasteiger charge is -2.37. The largest absolute Gasteiger partial charge is 0.417 e. The van der Waals surface area contributed by atoms with Crippen LogP contribution in [0.4, 0.5) is 19.0 Å². The van der Waals surface area contributed by atoms with Crippen LogP contribution >= 0.6 is 23.2 Å². The first-order valence-corrected chi connectivity index (χ1v) is 8.58. The summed E-state index contributed by atoms with van der Waals surface area (Å²) in [6.07, 6.45) is -4.56. The lowest BCUT2D eigenvalue weighted by atomic mass is 10.0. The second-order valence-corrected chi connectivity index (χ2v) is 7.16. The zero-order chi connectivity index (χ0) is 18.5. The second-order valence-electron chi connectivity index (χ2n) is 6.45. The highest BCUT2D eigenvalue weighted by atomic mass is 35.5. The van der Waals surface area contributed by atoms with Crippen molar-refractivity contribution in [1.82, 2.24) is 15.3 Å². The van der Waals surface area contributed by atoms with Crippen LogP contribution in [0.2, 0.25) is 10.3 Å². The number of alkyl halides is 3. The van der Waals surface area contributed by atoms with Crippen LogP contribution in [0.3, 0.4) is 0 Å². The van der Waals surface area contributed by atoms with E-state index in [0.717, 1.165) is 6.07 Å². The van der Waals surface area contributed by atoms with E-state index in [0.29, 0.717) is 29.8 Å². The summed E-state index contributed by atoms with van der Waals surface area (Å²) >= 11 is 12.0. The van der Waals surface area contributed by atoms with Gasteiger partial charge in [0.1, 0.15) is 5.82 Å². The van der Waals surface area contributed by atoms with Crippen molar-refractivity contribution in [2.45, 2.75) is 39.0 Å². The molecule has 1 aliphatic rings. The number of piperazine rings is 1. The van der Waals surface area contributed by atoms with Crippen LogP contribution in [-0.2, 0) is 6.18 Å². The van der Waals surface area contributed by atoms with Crippen molar-refractivity contribution in [3.05, 3.63) is 27.5 Å². The first-order valence-electron chi connectivity index (χ1n) is 7.82. The number of fused-ring (bicyclic) bond motifs is 1. The van der Waals surface area contributed by atoms with Gasteiger partial charge in [-0.1, -0.05) is 11.6 Å². The third kappa shape index (κ3) is 3.50. The molecule has 1 aromatic heterocycles. The molecule has 136 valence electrons. The Balaban J connectivity index is 2.26. The number of hydrogen-bond donors (Lipinski definition) is 1. The number of halogens is 5. The van der Waals surface area contributed by atoms with Gasteiger partial charge < -0.3 is 10.2 Å². The SMILES string of the molecule is Cc1c(Cl)c(C(F)(F)F)cc2c(N3CC(C)NC(C)C3)nc(Cl)nc12. The van der Waals surface area contributed by atoms with Crippen LogP contribution in [0.15, 0.2) is 6.07 Å². The van der Waals surface area contributed by atoms with Crippen LogP contribution < -0.4 is 10.2 Å². The molecule has 2 aromatic rings. The van der Waals surface area contributed by atoms with Crippen molar-refractivity contribution in [1.29, 1.82) is 0 Å². The second kappa shape index (κ2) is 6.45. The molecule has 1 saturated heterocycles. The monoisotopic (exact) mass is 392 g/mol. The molecule has 4 nitrogen and oxygen atoms in total. The Labute approximate surface area is 153 Å². The van der Waals surface area contributed by atoms with Gasteiger partial charge in [-0.25, -0.2) is 4.98 Å². The normalized spacial score (nSPS) is 21.8. The minimum absolute atomic E-state index is 0.0136. The lowest BCUT2D eigenvalue weighted by Crippen LogP contribution is -2.54. The molecule has 0 aliphatic carbocycles. The molecule has 1 aromatic carbocycles. The minimum atomic E-state index is -4.56. The van der Waals surface area contributed by atoms with Gasteiger partial charge in [0, 0.05) is 30.6 Å². The Kier molecular flexibility index (Phi) is 4.77. The summed E-state index contributed by atoms with van der Waals surface area (Å²) in [6, 6.07) is 1.36. The van der Waals surface area contributed by atoms with Gasteiger partial charge in [0.2, 0.25) is 5.28 Å². The van der Waals surface area contributed by atoms with Crippen LogP contribution in [-0.4, -0.2) is 35.1 Å². The minimum Gasteiger partial charge on any atom is -0.353 e. The Morgan fingerprint density at radius 2 is 1.76 bits per heavy atom. The van der Waals surface area contributed by atoms with E-state index in [1.165, 1.54) is 6.92 Å². The van der Waals surface area contributed by atoms with E-state index < -0.39 is 11.7 Å². The highest BCUT2D eigenvalue weighted by Gasteiger charge is 2.35. The third-order valence-corrected chi connectivity index (χ3v) is 4.93. The zero-order valence-electron chi connectivity index (χ0n) is 13.9. The molecule has 2 heterocycles. The van der Waals surface area contributed by atoms with Gasteiger partial charge in [0.25, 0.3) is 0 Å². The number of nitrogens with one attached hydrogen (secondary N) is 1. The van der Waals surface area contributed by atoms with E-state index in [1.54, 1.807) is 0 Å². The Morgan fingerprint density at radius 1 is 1.16 bits per heavy atom. The summed E-state index contributed by atoms with van der Waals surface area (Å²) in [5.41, 5.74) is -0.303. The number of nitrogens with zero attached hydrogens (tertiary/aromatic N) is 3. The van der Waals surface area contributed by atoms with Gasteiger partial charge in [0.05, 0.1) is 16.1 Å². The quantitative estimate of drug-likeness (QED) is 0.727. The Bertz CT molecular complexity index is 815. The maximum absolute atomic E-state index is 13.4. The topological polar surface area (TPSA) is 41.0 Å². The standard InChI is InChI=1S/C16H17Cl2F3N4/c1-7-5-25(6-8(2)22-7)14-10-4-11(16(19,20)21)12(17)9(3)13(10)23-15(18)24-14/h4,7-8,22H,5-6H2,1-3H3. The number of hydrogen-bond acceptors (Lipinski definition) is 4. The number of benzene rings is 1. The van der Waals surface area contributed by atoms with Crippen molar-refractivity contribution in [2.24, 2.45) is 0 Å². The van der Waals surface area contributed by atoms with E-state index in [9.17, 15) is 13.2 Å². The summed E-state index contributed by atoms with van der Waals surface area (Å²) in [4.78, 5) is 10.3. The molecule has 1 aliphatic heterocycles. The molecular weight excluding hydrogens is 376 g/mol. The maximum atomic E-state index is 13.4. The summed E-state index contributed by atoms with van der Waals surface area (Å²) in [7, 11) is 0. The fourth-order valence-electron chi connectivity index (χ4n) is 3.31. The average molecular weight is 393 g/mol. The molecule has 1 N–H and O–H groups in total. The number of anilines is 1. The molecule has 9 heteroatoms. The first-order chi connectivity index (χ1) is 11.6. The van der Waals surface area contributed by atoms with Crippen LogP contribution in [0.1, 0.15) is 25.0 Å². The Hall–Kier alpha value is -1.31. The highest BCUT2D eigenvalue weighted by molar-refractivity contribution is 6.33. The molecule has 2 unspecified atom stereocenters. The van der Waals surface area contributed by atoms with Gasteiger partial charge in [-0.05, 0) is 44.0 Å². The number of aryl methyl sites for hydroxylation is 1. The van der Waals surface area contributed by atoms with E-state index >= 15 is 0 Å². The molecule has 0 saturated carbocycles. The maximum Gasteiger partial charge on any atom is 0.417 e. The molecule has 3 rings (SSSR count). The fourth-order valence-corrected chi connectivity index (χ4v) is 3.73. The molecule has 0 bridgehead atoms. The van der Waals surface area contributed by atoms with Crippen LogP contribution in [0.25, 0.3) is 10.9 Å². The van der Waals surface area contributed by atoms with Gasteiger partial charge in [-0.3, -0.25) is 0 Å². The number of rotatable bonds is 1. The summed E-state index contributed by atoms with van der Waals surface area (Å²) < 4.78 is 40.1. The molecule has 0 radical (unpaired) electrons. The predicted molar refractivity (Wildman–Crippen MR) is 93.6 cm³/mol. The highest BCUT2D eigenvalue weighted by Crippen LogP contribution is 2.41. The van der Waals surface area contributed by atoms with Gasteiger partial charge in [0.15, 0.2) is 0 Å². The Morgan fingerprint density at radius 3 is 2.32 bits per heavy atom. The van der Waals surface area contributed by atoms with E-state index in [2.05, 4.69) is 15.3 Å². The van der Waals surface area contributed by atoms with Crippen molar-refractivity contribution in [2.75, 3.05) is 18.0 Å². The predicted octanol–water partition coefficient (Wildman–Crippen LogP) is 4.45. The molecule has 0 spiro atoms. The third-order valence-electron chi connectivity index (χ3n) is 4.27. The van der Waals surface area contributed by atoms with Crippen molar-refractivity contribution >= 4 is 39.9 Å². The molecule has 25 heavy (non-hydrogen) atoms. The average Bonchev–Trinajstić information content (AvgIpc) is 2.48. The molecule has 1 fully saturated rings. The lowest BCUT2D eigenvalue weighted by molar-refractivity contribution is -0.137. The summed E-state index contributed by atoms with van der Waals surface area (Å²) in [5.74, 6) is 0.403. The zero-order valence-corrected chi connectivity index (χ0v) is 15.4. The van der Waals surface area contributed by atoms with Crippen LogP contribution in [0, 0.1) is 6.92 Å². The smallest absolute Gasteiger partial charge is 0.353 e. The first kappa shape index (κ1) is 18.5. The van der Waals surface area contributed by atoms with E-state index in [4.69, 9.17) is 23.2 Å². The van der Waals surface area contributed by atoms with Gasteiger partial charge >= 0.3 is 6.18 Å². The summed E-state index contributed by atoms with van der Waals surface area (Å²) in [5, 5.41) is 3.31. The van der Waals surface area contributed by atoms with Gasteiger partial charge in [-0.2, -0.15) is 18.2 Å². The van der Waals surface area contributed by atoms with Gasteiger partial charge in [-0.15, -0.1) is 0 Å². The summed E-state index contributed by atoms with van der Waals surface area (Å²) in [6.45, 7) is 6.75.